The first kappa shape index (κ1) is 12.6. The van der Waals surface area contributed by atoms with E-state index < -0.39 is 10.2 Å². The number of hydrogen-bond acceptors (Lipinski definition) is 3. The van der Waals surface area contributed by atoms with Crippen LogP contribution in [0.3, 0.4) is 0 Å². The Morgan fingerprint density at radius 3 is 2.62 bits per heavy atom. The van der Waals surface area contributed by atoms with Gasteiger partial charge in [0, 0.05) is 19.6 Å². The van der Waals surface area contributed by atoms with Crippen LogP contribution in [0, 0.1) is 0 Å². The SMILES string of the molecule is C=CCN(CCO)S(=O)(=O)NCC. The first-order valence-electron chi connectivity index (χ1n) is 4.05. The van der Waals surface area contributed by atoms with Crippen molar-refractivity contribution < 1.29 is 13.5 Å². The van der Waals surface area contributed by atoms with Crippen LogP contribution in [-0.4, -0.2) is 44.1 Å². The quantitative estimate of drug-likeness (QED) is 0.545. The molecule has 0 amide bonds. The molecule has 0 saturated carbocycles. The van der Waals surface area contributed by atoms with Crippen LogP contribution >= 0.6 is 0 Å². The summed E-state index contributed by atoms with van der Waals surface area (Å²) in [6.45, 7) is 5.57. The lowest BCUT2D eigenvalue weighted by molar-refractivity contribution is 0.259. The molecule has 0 aromatic rings. The van der Waals surface area contributed by atoms with Crippen LogP contribution in [0.1, 0.15) is 6.92 Å². The number of hydrogen-bond donors (Lipinski definition) is 2. The van der Waals surface area contributed by atoms with Gasteiger partial charge in [-0.1, -0.05) is 13.0 Å². The molecule has 0 saturated heterocycles. The highest BCUT2D eigenvalue weighted by atomic mass is 32.2. The van der Waals surface area contributed by atoms with Gasteiger partial charge in [-0.3, -0.25) is 0 Å². The number of nitrogens with one attached hydrogen (secondary N) is 1. The summed E-state index contributed by atoms with van der Waals surface area (Å²) >= 11 is 0. The fourth-order valence-electron chi connectivity index (χ4n) is 0.839. The van der Waals surface area contributed by atoms with Gasteiger partial charge in [0.05, 0.1) is 6.61 Å². The molecule has 0 heterocycles. The van der Waals surface area contributed by atoms with Gasteiger partial charge in [0.25, 0.3) is 10.2 Å². The highest BCUT2D eigenvalue weighted by molar-refractivity contribution is 7.87. The molecule has 0 aromatic carbocycles. The molecule has 0 aliphatic carbocycles. The lowest BCUT2D eigenvalue weighted by atomic mass is 10.6. The summed E-state index contributed by atoms with van der Waals surface area (Å²) in [6, 6.07) is 0. The van der Waals surface area contributed by atoms with Gasteiger partial charge < -0.3 is 5.11 Å². The summed E-state index contributed by atoms with van der Waals surface area (Å²) in [5, 5.41) is 8.63. The Labute approximate surface area is 79.2 Å². The molecular weight excluding hydrogens is 192 g/mol. The van der Waals surface area contributed by atoms with Crippen molar-refractivity contribution in [2.24, 2.45) is 0 Å². The van der Waals surface area contributed by atoms with Gasteiger partial charge >= 0.3 is 0 Å². The molecule has 0 spiro atoms. The molecule has 2 N–H and O–H groups in total. The average molecular weight is 208 g/mol. The second-order valence-corrected chi connectivity index (χ2v) is 4.13. The fraction of sp³-hybridized carbons (Fsp3) is 0.714. The summed E-state index contributed by atoms with van der Waals surface area (Å²) in [5.74, 6) is 0. The van der Waals surface area contributed by atoms with Crippen molar-refractivity contribution in [3.05, 3.63) is 12.7 Å². The molecule has 0 rings (SSSR count). The lowest BCUT2D eigenvalue weighted by Crippen LogP contribution is -2.42. The maximum absolute atomic E-state index is 11.4. The van der Waals surface area contributed by atoms with E-state index in [0.29, 0.717) is 6.54 Å². The largest absolute Gasteiger partial charge is 0.395 e. The molecule has 0 aromatic heterocycles. The highest BCUT2D eigenvalue weighted by Gasteiger charge is 2.18. The zero-order valence-electron chi connectivity index (χ0n) is 7.73. The second kappa shape index (κ2) is 6.09. The third kappa shape index (κ3) is 4.37. The van der Waals surface area contributed by atoms with Crippen molar-refractivity contribution in [2.75, 3.05) is 26.2 Å². The van der Waals surface area contributed by atoms with Gasteiger partial charge in [0.2, 0.25) is 0 Å². The topological polar surface area (TPSA) is 69.6 Å². The maximum atomic E-state index is 11.4. The van der Waals surface area contributed by atoms with E-state index in [-0.39, 0.29) is 19.7 Å². The Hall–Kier alpha value is -0.430. The molecule has 0 aliphatic heterocycles. The Kier molecular flexibility index (Phi) is 5.89. The minimum absolute atomic E-state index is 0.0847. The predicted octanol–water partition coefficient (Wildman–Crippen LogP) is -0.679. The Morgan fingerprint density at radius 2 is 2.23 bits per heavy atom. The first-order valence-corrected chi connectivity index (χ1v) is 5.49. The van der Waals surface area contributed by atoms with Crippen molar-refractivity contribution in [3.8, 4) is 0 Å². The van der Waals surface area contributed by atoms with Crippen LogP contribution in [0.15, 0.2) is 12.7 Å². The smallest absolute Gasteiger partial charge is 0.279 e. The van der Waals surface area contributed by atoms with Crippen LogP contribution in [0.25, 0.3) is 0 Å². The zero-order chi connectivity index (χ0) is 10.3. The van der Waals surface area contributed by atoms with Crippen molar-refractivity contribution in [1.29, 1.82) is 0 Å². The number of rotatable bonds is 7. The van der Waals surface area contributed by atoms with Crippen molar-refractivity contribution in [3.63, 3.8) is 0 Å². The summed E-state index contributed by atoms with van der Waals surface area (Å²) in [7, 11) is -3.44. The van der Waals surface area contributed by atoms with Gasteiger partial charge in [0.15, 0.2) is 0 Å². The normalized spacial score (nSPS) is 11.9. The van der Waals surface area contributed by atoms with Crippen molar-refractivity contribution in [2.45, 2.75) is 6.92 Å². The van der Waals surface area contributed by atoms with Crippen LogP contribution < -0.4 is 4.72 Å². The van der Waals surface area contributed by atoms with Gasteiger partial charge in [-0.15, -0.1) is 6.58 Å². The van der Waals surface area contributed by atoms with Crippen LogP contribution in [0.4, 0.5) is 0 Å². The van der Waals surface area contributed by atoms with E-state index in [0.717, 1.165) is 4.31 Å². The van der Waals surface area contributed by atoms with E-state index >= 15 is 0 Å². The zero-order valence-corrected chi connectivity index (χ0v) is 8.55. The summed E-state index contributed by atoms with van der Waals surface area (Å²) < 4.78 is 26.2. The van der Waals surface area contributed by atoms with Crippen molar-refractivity contribution in [1.82, 2.24) is 9.03 Å². The van der Waals surface area contributed by atoms with Crippen LogP contribution in [0.5, 0.6) is 0 Å². The molecule has 0 radical (unpaired) electrons. The van der Waals surface area contributed by atoms with Crippen molar-refractivity contribution >= 4 is 10.2 Å². The number of nitrogens with zero attached hydrogens (tertiary/aromatic N) is 1. The lowest BCUT2D eigenvalue weighted by Gasteiger charge is -2.19. The molecule has 0 aliphatic rings. The third-order valence-electron chi connectivity index (χ3n) is 1.35. The Balaban J connectivity index is 4.41. The summed E-state index contributed by atoms with van der Waals surface area (Å²) in [5.41, 5.74) is 0. The molecule has 78 valence electrons. The van der Waals surface area contributed by atoms with Gasteiger partial charge in [-0.05, 0) is 0 Å². The standard InChI is InChI=1S/C7H16N2O3S/c1-3-5-9(6-7-10)13(11,12)8-4-2/h3,8,10H,1,4-7H2,2H3. The van der Waals surface area contributed by atoms with E-state index in [4.69, 9.17) is 5.11 Å². The molecular formula is C7H16N2O3S. The Bertz CT molecular complexity index is 238. The maximum Gasteiger partial charge on any atom is 0.279 e. The highest BCUT2D eigenvalue weighted by Crippen LogP contribution is 1.96. The monoisotopic (exact) mass is 208 g/mol. The molecule has 5 nitrogen and oxygen atoms in total. The molecule has 0 atom stereocenters. The third-order valence-corrected chi connectivity index (χ3v) is 3.01. The molecule has 6 heteroatoms. The number of aliphatic hydroxyl groups excluding tert-OH is 1. The minimum Gasteiger partial charge on any atom is -0.395 e. The van der Waals surface area contributed by atoms with E-state index in [9.17, 15) is 8.42 Å². The van der Waals surface area contributed by atoms with E-state index in [1.807, 2.05) is 0 Å². The molecule has 0 fully saturated rings. The van der Waals surface area contributed by atoms with Gasteiger partial charge in [0.1, 0.15) is 0 Å². The van der Waals surface area contributed by atoms with E-state index in [1.54, 1.807) is 6.92 Å². The average Bonchev–Trinajstić information content (AvgIpc) is 2.04. The predicted molar refractivity (Wildman–Crippen MR) is 51.5 cm³/mol. The van der Waals surface area contributed by atoms with Crippen LogP contribution in [0.2, 0.25) is 0 Å². The molecule has 0 unspecified atom stereocenters. The Morgan fingerprint density at radius 1 is 1.62 bits per heavy atom. The molecule has 0 bridgehead atoms. The van der Waals surface area contributed by atoms with E-state index in [2.05, 4.69) is 11.3 Å². The molecule has 13 heavy (non-hydrogen) atoms. The second-order valence-electron chi connectivity index (χ2n) is 2.37. The fourth-order valence-corrected chi connectivity index (χ4v) is 2.01. The van der Waals surface area contributed by atoms with E-state index in [1.165, 1.54) is 6.08 Å². The van der Waals surface area contributed by atoms with Crippen LogP contribution in [-0.2, 0) is 10.2 Å². The number of aliphatic hydroxyl groups is 1. The summed E-state index contributed by atoms with van der Waals surface area (Å²) in [6.07, 6.45) is 1.48. The summed E-state index contributed by atoms with van der Waals surface area (Å²) in [4.78, 5) is 0. The minimum atomic E-state index is -3.44. The first-order chi connectivity index (χ1) is 6.08. The van der Waals surface area contributed by atoms with Gasteiger partial charge in [-0.2, -0.15) is 12.7 Å². The van der Waals surface area contributed by atoms with Gasteiger partial charge in [-0.25, -0.2) is 4.72 Å².